The van der Waals surface area contributed by atoms with Crippen LogP contribution in [-0.2, 0) is 0 Å². The largest absolute Gasteiger partial charge is 0.393 e. The maximum atomic E-state index is 12.3. The number of nitrogens with two attached hydrogens (primary N) is 1. The minimum atomic E-state index is -0.299. The number of carbonyl (C=O) groups excluding carboxylic acids is 1. The molecule has 2 atom stereocenters. The van der Waals surface area contributed by atoms with Gasteiger partial charge in [-0.3, -0.25) is 15.6 Å². The Hall–Kier alpha value is -2.54. The number of halogens is 1. The molecule has 2 fully saturated rings. The molecule has 154 valence electrons. The van der Waals surface area contributed by atoms with Crippen LogP contribution >= 0.6 is 11.6 Å². The molecule has 1 aromatic heterocycles. The van der Waals surface area contributed by atoms with Crippen molar-refractivity contribution in [2.24, 2.45) is 10.8 Å². The molecule has 1 saturated heterocycles. The van der Waals surface area contributed by atoms with Crippen LogP contribution < -0.4 is 21.5 Å². The van der Waals surface area contributed by atoms with Crippen LogP contribution in [0.1, 0.15) is 50.4 Å². The zero-order valence-corrected chi connectivity index (χ0v) is 17.8. The molecule has 0 radical (unpaired) electrons. The van der Waals surface area contributed by atoms with Crippen LogP contribution in [0.5, 0.6) is 0 Å². The number of nitrogens with one attached hydrogen (secondary N) is 2. The summed E-state index contributed by atoms with van der Waals surface area (Å²) in [6.07, 6.45) is 4.94. The minimum Gasteiger partial charge on any atom is -0.393 e. The van der Waals surface area contributed by atoms with Gasteiger partial charge in [0, 0.05) is 23.2 Å². The molecule has 0 spiro atoms. The van der Waals surface area contributed by atoms with E-state index in [2.05, 4.69) is 46.5 Å². The fourth-order valence-electron chi connectivity index (χ4n) is 5.21. The number of hydrogen-bond donors (Lipinski definition) is 3. The summed E-state index contributed by atoms with van der Waals surface area (Å²) < 4.78 is 0. The number of amides is 1. The van der Waals surface area contributed by atoms with Gasteiger partial charge in [0.2, 0.25) is 0 Å². The van der Waals surface area contributed by atoms with Crippen molar-refractivity contribution in [2.45, 2.75) is 46.1 Å². The predicted molar refractivity (Wildman–Crippen MR) is 116 cm³/mol. The highest BCUT2D eigenvalue weighted by Gasteiger charge is 2.50. The van der Waals surface area contributed by atoms with E-state index in [1.807, 2.05) is 0 Å². The molecule has 2 aliphatic rings. The zero-order chi connectivity index (χ0) is 20.8. The first kappa shape index (κ1) is 19.8. The van der Waals surface area contributed by atoms with Crippen LogP contribution in [0.15, 0.2) is 30.6 Å². The van der Waals surface area contributed by atoms with Crippen molar-refractivity contribution in [1.29, 1.82) is 0 Å². The number of benzene rings is 1. The molecule has 8 heteroatoms. The Morgan fingerprint density at radius 2 is 1.93 bits per heavy atom. The number of fused-ring (bicyclic) bond motifs is 2. The van der Waals surface area contributed by atoms with E-state index >= 15 is 0 Å². The molecule has 2 unspecified atom stereocenters. The molecule has 4 rings (SSSR count). The van der Waals surface area contributed by atoms with Crippen molar-refractivity contribution in [3.05, 3.63) is 41.2 Å². The van der Waals surface area contributed by atoms with Gasteiger partial charge in [0.05, 0.1) is 0 Å². The van der Waals surface area contributed by atoms with E-state index in [-0.39, 0.29) is 11.3 Å². The average Bonchev–Trinajstić information content (AvgIpc) is 2.89. The van der Waals surface area contributed by atoms with Crippen LogP contribution in [0.25, 0.3) is 0 Å². The third-order valence-electron chi connectivity index (χ3n) is 5.95. The average molecular weight is 415 g/mol. The zero-order valence-electron chi connectivity index (χ0n) is 17.0. The molecule has 29 heavy (non-hydrogen) atoms. The van der Waals surface area contributed by atoms with Crippen LogP contribution in [0, 0.1) is 10.8 Å². The molecule has 4 N–H and O–H groups in total. The second-order valence-corrected chi connectivity index (χ2v) is 9.82. The van der Waals surface area contributed by atoms with E-state index in [1.165, 1.54) is 12.7 Å². The number of nitrogen functional groups attached to an aromatic ring is 1. The lowest BCUT2D eigenvalue weighted by Crippen LogP contribution is -2.35. The van der Waals surface area contributed by atoms with Crippen molar-refractivity contribution >= 4 is 34.8 Å². The second-order valence-electron chi connectivity index (χ2n) is 9.39. The highest BCUT2D eigenvalue weighted by Crippen LogP contribution is 2.53. The summed E-state index contributed by atoms with van der Waals surface area (Å²) in [7, 11) is 0. The first-order valence-electron chi connectivity index (χ1n) is 9.85. The summed E-state index contributed by atoms with van der Waals surface area (Å²) in [5.41, 5.74) is 13.4. The minimum absolute atomic E-state index is 0.264. The van der Waals surface area contributed by atoms with Gasteiger partial charge in [0.15, 0.2) is 11.6 Å². The smallest absolute Gasteiger partial charge is 0.269 e. The Morgan fingerprint density at radius 3 is 2.66 bits per heavy atom. The topological polar surface area (TPSA) is 96.2 Å². The molecule has 2 aromatic rings. The van der Waals surface area contributed by atoms with Gasteiger partial charge in [-0.1, -0.05) is 32.4 Å². The van der Waals surface area contributed by atoms with Crippen LogP contribution in [0.4, 0.5) is 17.3 Å². The number of carbonyl (C=O) groups is 1. The quantitative estimate of drug-likeness (QED) is 0.657. The molecular weight excluding hydrogens is 388 g/mol. The van der Waals surface area contributed by atoms with Gasteiger partial charge in [-0.05, 0) is 54.4 Å². The highest BCUT2D eigenvalue weighted by atomic mass is 35.5. The summed E-state index contributed by atoms with van der Waals surface area (Å²) in [5, 5.41) is 0.576. The fraction of sp³-hybridized carbons (Fsp3) is 0.476. The number of hydrazine groups is 1. The predicted octanol–water partition coefficient (Wildman–Crippen LogP) is 3.87. The molecule has 1 aliphatic carbocycles. The second kappa shape index (κ2) is 7.06. The van der Waals surface area contributed by atoms with Crippen molar-refractivity contribution in [3.63, 3.8) is 0 Å². The van der Waals surface area contributed by atoms with E-state index in [0.29, 0.717) is 33.5 Å². The highest BCUT2D eigenvalue weighted by molar-refractivity contribution is 6.30. The number of hydrogen-bond acceptors (Lipinski definition) is 6. The van der Waals surface area contributed by atoms with E-state index in [4.69, 9.17) is 17.3 Å². The summed E-state index contributed by atoms with van der Waals surface area (Å²) in [6, 6.07) is 7.06. The monoisotopic (exact) mass is 414 g/mol. The number of anilines is 3. The van der Waals surface area contributed by atoms with E-state index < -0.39 is 0 Å². The van der Waals surface area contributed by atoms with E-state index in [0.717, 1.165) is 25.2 Å². The number of aromatic nitrogens is 2. The van der Waals surface area contributed by atoms with Gasteiger partial charge < -0.3 is 10.6 Å². The van der Waals surface area contributed by atoms with Gasteiger partial charge >= 0.3 is 0 Å². The van der Waals surface area contributed by atoms with Crippen molar-refractivity contribution in [1.82, 2.24) is 15.4 Å². The van der Waals surface area contributed by atoms with Gasteiger partial charge in [-0.2, -0.15) is 0 Å². The lowest BCUT2D eigenvalue weighted by Gasteiger charge is -2.39. The lowest BCUT2D eigenvalue weighted by atomic mass is 9.65. The summed E-state index contributed by atoms with van der Waals surface area (Å²) in [4.78, 5) is 23.3. The fourth-order valence-corrected chi connectivity index (χ4v) is 5.34. The Bertz CT molecular complexity index is 931. The maximum Gasteiger partial charge on any atom is 0.269 e. The molecule has 1 amide bonds. The van der Waals surface area contributed by atoms with Crippen molar-refractivity contribution in [3.8, 4) is 0 Å². The first-order valence-corrected chi connectivity index (χ1v) is 10.2. The van der Waals surface area contributed by atoms with Crippen LogP contribution in [-0.4, -0.2) is 28.5 Å². The molecule has 2 bridgehead atoms. The molecular formula is C21H27ClN6O. The Kier molecular flexibility index (Phi) is 4.81. The third kappa shape index (κ3) is 3.96. The normalized spacial score (nSPS) is 25.0. The van der Waals surface area contributed by atoms with Gasteiger partial charge in [0.1, 0.15) is 12.0 Å². The summed E-state index contributed by atoms with van der Waals surface area (Å²) in [5.74, 6) is 0.824. The lowest BCUT2D eigenvalue weighted by molar-refractivity contribution is 0.0962. The summed E-state index contributed by atoms with van der Waals surface area (Å²) in [6.45, 7) is 7.95. The molecule has 7 nitrogen and oxygen atoms in total. The van der Waals surface area contributed by atoms with Crippen LogP contribution in [0.2, 0.25) is 5.02 Å². The number of nitrogens with zero attached hydrogens (tertiary/aromatic N) is 3. The Morgan fingerprint density at radius 1 is 1.21 bits per heavy atom. The van der Waals surface area contributed by atoms with E-state index in [9.17, 15) is 4.79 Å². The van der Waals surface area contributed by atoms with E-state index in [1.54, 1.807) is 24.3 Å². The summed E-state index contributed by atoms with van der Waals surface area (Å²) >= 11 is 5.87. The van der Waals surface area contributed by atoms with Gasteiger partial charge in [0.25, 0.3) is 5.91 Å². The maximum absolute atomic E-state index is 12.3. The first-order chi connectivity index (χ1) is 13.7. The van der Waals surface area contributed by atoms with Gasteiger partial charge in [-0.25, -0.2) is 9.97 Å². The Balaban J connectivity index is 1.51. The molecule has 2 heterocycles. The molecule has 1 aromatic carbocycles. The molecule has 1 saturated carbocycles. The third-order valence-corrected chi connectivity index (χ3v) is 6.20. The van der Waals surface area contributed by atoms with Gasteiger partial charge in [-0.15, -0.1) is 0 Å². The number of rotatable bonds is 4. The molecule has 1 aliphatic heterocycles. The van der Waals surface area contributed by atoms with Crippen molar-refractivity contribution < 1.29 is 4.79 Å². The van der Waals surface area contributed by atoms with Crippen molar-refractivity contribution in [2.75, 3.05) is 22.6 Å². The van der Waals surface area contributed by atoms with Crippen LogP contribution in [0.3, 0.4) is 0 Å². The SMILES string of the molecule is CC1(C)CC2CC(C)(CN2c2ncnc(NNC(=O)c3ccc(Cl)cc3)c2N)C1. The Labute approximate surface area is 176 Å². The standard InChI is InChI=1S/C21H27ClN6O/c1-20(2)8-15-9-21(3,10-20)11-28(15)18-16(23)17(24-12-25-18)26-27-19(29)13-4-6-14(22)7-5-13/h4-7,12,15H,8-11,23H2,1-3H3,(H,27,29)(H,24,25,26).